The lowest BCUT2D eigenvalue weighted by Crippen LogP contribution is -2.12. The maximum absolute atomic E-state index is 13.3. The second kappa shape index (κ2) is 6.40. The van der Waals surface area contributed by atoms with Gasteiger partial charge in [-0.1, -0.05) is 13.3 Å². The molecule has 2 N–H and O–H groups in total. The molecule has 0 aromatic heterocycles. The van der Waals surface area contributed by atoms with Gasteiger partial charge in [0.25, 0.3) is 5.69 Å². The highest BCUT2D eigenvalue weighted by molar-refractivity contribution is 5.85. The number of nitrogens with zero attached hydrogens (tertiary/aromatic N) is 1. The molecule has 4 nitrogen and oxygen atoms in total. The summed E-state index contributed by atoms with van der Waals surface area (Å²) in [5.41, 5.74) is 5.80. The number of halogens is 2. The van der Waals surface area contributed by atoms with Gasteiger partial charge >= 0.3 is 0 Å². The largest absolute Gasteiger partial charge is 0.324 e. The van der Waals surface area contributed by atoms with Crippen LogP contribution in [0.5, 0.6) is 0 Å². The summed E-state index contributed by atoms with van der Waals surface area (Å²) in [6, 6.07) is 2.95. The summed E-state index contributed by atoms with van der Waals surface area (Å²) in [6.45, 7) is 1.93. The van der Waals surface area contributed by atoms with E-state index in [-0.39, 0.29) is 23.7 Å². The predicted molar refractivity (Wildman–Crippen MR) is 62.1 cm³/mol. The number of non-ortho nitro benzene ring substituents is 1. The van der Waals surface area contributed by atoms with Crippen LogP contribution >= 0.6 is 12.4 Å². The van der Waals surface area contributed by atoms with Crippen LogP contribution in [0.4, 0.5) is 10.1 Å². The highest BCUT2D eigenvalue weighted by atomic mass is 35.5. The lowest BCUT2D eigenvalue weighted by Gasteiger charge is -2.11. The average molecular weight is 249 g/mol. The van der Waals surface area contributed by atoms with Gasteiger partial charge in [0.2, 0.25) is 0 Å². The molecule has 1 rings (SSSR count). The topological polar surface area (TPSA) is 69.2 Å². The minimum atomic E-state index is -0.554. The molecule has 1 aromatic rings. The summed E-state index contributed by atoms with van der Waals surface area (Å²) in [7, 11) is 0. The first kappa shape index (κ1) is 14.8. The summed E-state index contributed by atoms with van der Waals surface area (Å²) in [4.78, 5) is 9.93. The lowest BCUT2D eigenvalue weighted by atomic mass is 10.0. The fraction of sp³-hybridized carbons (Fsp3) is 0.400. The highest BCUT2D eigenvalue weighted by Crippen LogP contribution is 2.23. The number of nitro groups is 1. The van der Waals surface area contributed by atoms with Crippen molar-refractivity contribution < 1.29 is 9.31 Å². The number of nitro benzene ring substituents is 1. The summed E-state index contributed by atoms with van der Waals surface area (Å²) < 4.78 is 13.3. The van der Waals surface area contributed by atoms with E-state index in [0.29, 0.717) is 6.42 Å². The molecule has 0 saturated carbocycles. The van der Waals surface area contributed by atoms with Crippen LogP contribution in [0.1, 0.15) is 31.4 Å². The van der Waals surface area contributed by atoms with E-state index in [0.717, 1.165) is 18.6 Å². The van der Waals surface area contributed by atoms with Crippen LogP contribution in [0.25, 0.3) is 0 Å². The summed E-state index contributed by atoms with van der Waals surface area (Å²) >= 11 is 0. The van der Waals surface area contributed by atoms with E-state index in [1.165, 1.54) is 6.07 Å². The number of hydrogen-bond donors (Lipinski definition) is 1. The summed E-state index contributed by atoms with van der Waals surface area (Å²) in [6.07, 6.45) is 1.42. The minimum Gasteiger partial charge on any atom is -0.324 e. The van der Waals surface area contributed by atoms with E-state index >= 15 is 0 Å². The van der Waals surface area contributed by atoms with Crippen molar-refractivity contribution in [1.82, 2.24) is 0 Å². The molecule has 0 spiro atoms. The molecule has 0 bridgehead atoms. The maximum atomic E-state index is 13.3. The van der Waals surface area contributed by atoms with Crippen LogP contribution in [-0.4, -0.2) is 4.92 Å². The molecular weight excluding hydrogens is 235 g/mol. The van der Waals surface area contributed by atoms with E-state index in [1.54, 1.807) is 0 Å². The Morgan fingerprint density at radius 3 is 2.69 bits per heavy atom. The average Bonchev–Trinajstić information content (AvgIpc) is 2.18. The van der Waals surface area contributed by atoms with E-state index in [4.69, 9.17) is 5.73 Å². The number of nitrogens with two attached hydrogens (primary N) is 1. The Labute approximate surface area is 99.2 Å². The molecule has 0 radical (unpaired) electrons. The SMILES string of the molecule is CCC[C@H](N)c1cc([N+](=O)[O-])ccc1F.Cl. The lowest BCUT2D eigenvalue weighted by molar-refractivity contribution is -0.385. The van der Waals surface area contributed by atoms with Gasteiger partial charge in [0.1, 0.15) is 5.82 Å². The Morgan fingerprint density at radius 2 is 2.19 bits per heavy atom. The van der Waals surface area contributed by atoms with E-state index in [2.05, 4.69) is 0 Å². The standard InChI is InChI=1S/C10H13FN2O2.ClH/c1-2-3-10(12)8-6-7(13(14)15)4-5-9(8)11;/h4-6,10H,2-3,12H2,1H3;1H/t10-;/m0./s1. The van der Waals surface area contributed by atoms with Gasteiger partial charge in [-0.3, -0.25) is 10.1 Å². The molecule has 1 aromatic carbocycles. The zero-order valence-electron chi connectivity index (χ0n) is 8.85. The molecule has 1 atom stereocenters. The van der Waals surface area contributed by atoms with Crippen LogP contribution < -0.4 is 5.73 Å². The van der Waals surface area contributed by atoms with Crippen LogP contribution in [0.15, 0.2) is 18.2 Å². The smallest absolute Gasteiger partial charge is 0.269 e. The van der Waals surface area contributed by atoms with Gasteiger partial charge < -0.3 is 5.73 Å². The van der Waals surface area contributed by atoms with E-state index in [9.17, 15) is 14.5 Å². The maximum Gasteiger partial charge on any atom is 0.269 e. The highest BCUT2D eigenvalue weighted by Gasteiger charge is 2.15. The molecule has 90 valence electrons. The number of benzene rings is 1. The fourth-order valence-corrected chi connectivity index (χ4v) is 1.40. The molecule has 0 amide bonds. The molecule has 0 saturated heterocycles. The van der Waals surface area contributed by atoms with Crippen molar-refractivity contribution >= 4 is 18.1 Å². The van der Waals surface area contributed by atoms with Crippen molar-refractivity contribution in [3.8, 4) is 0 Å². The molecule has 0 aliphatic carbocycles. The predicted octanol–water partition coefficient (Wildman–Crippen LogP) is 2.96. The van der Waals surface area contributed by atoms with Crippen LogP contribution in [0.2, 0.25) is 0 Å². The molecule has 0 aliphatic rings. The van der Waals surface area contributed by atoms with E-state index in [1.807, 2.05) is 6.92 Å². The van der Waals surface area contributed by atoms with Crippen molar-refractivity contribution in [3.63, 3.8) is 0 Å². The van der Waals surface area contributed by atoms with E-state index < -0.39 is 16.8 Å². The van der Waals surface area contributed by atoms with Gasteiger partial charge in [0.15, 0.2) is 0 Å². The summed E-state index contributed by atoms with van der Waals surface area (Å²) in [5.74, 6) is -0.485. The van der Waals surface area contributed by atoms with Crippen molar-refractivity contribution in [1.29, 1.82) is 0 Å². The van der Waals surface area contributed by atoms with Crippen molar-refractivity contribution in [2.24, 2.45) is 5.73 Å². The zero-order chi connectivity index (χ0) is 11.4. The van der Waals surface area contributed by atoms with Crippen LogP contribution in [-0.2, 0) is 0 Å². The molecule has 16 heavy (non-hydrogen) atoms. The van der Waals surface area contributed by atoms with Gasteiger partial charge in [-0.05, 0) is 12.5 Å². The van der Waals surface area contributed by atoms with Crippen molar-refractivity contribution in [3.05, 3.63) is 39.7 Å². The summed E-state index contributed by atoms with van der Waals surface area (Å²) in [5, 5.41) is 10.5. The second-order valence-electron chi connectivity index (χ2n) is 3.36. The molecule has 6 heteroatoms. The molecule has 0 aliphatic heterocycles. The third-order valence-electron chi connectivity index (χ3n) is 2.19. The minimum absolute atomic E-state index is 0. The Bertz CT molecular complexity index is 374. The second-order valence-corrected chi connectivity index (χ2v) is 3.36. The Morgan fingerprint density at radius 1 is 1.56 bits per heavy atom. The van der Waals surface area contributed by atoms with Crippen LogP contribution in [0.3, 0.4) is 0 Å². The first-order chi connectivity index (χ1) is 7.06. The molecule has 0 heterocycles. The Hall–Kier alpha value is -1.20. The normalized spacial score (nSPS) is 11.7. The fourth-order valence-electron chi connectivity index (χ4n) is 1.40. The molecule has 0 unspecified atom stereocenters. The third-order valence-corrected chi connectivity index (χ3v) is 2.19. The molecule has 0 fully saturated rings. The Kier molecular flexibility index (Phi) is 5.92. The zero-order valence-corrected chi connectivity index (χ0v) is 9.67. The van der Waals surface area contributed by atoms with Crippen molar-refractivity contribution in [2.45, 2.75) is 25.8 Å². The Balaban J connectivity index is 0.00000225. The quantitative estimate of drug-likeness (QED) is 0.658. The van der Waals surface area contributed by atoms with Gasteiger partial charge in [0.05, 0.1) is 4.92 Å². The van der Waals surface area contributed by atoms with Gasteiger partial charge in [-0.25, -0.2) is 4.39 Å². The first-order valence-electron chi connectivity index (χ1n) is 4.75. The van der Waals surface area contributed by atoms with Gasteiger partial charge in [-0.15, -0.1) is 12.4 Å². The third kappa shape index (κ3) is 3.43. The number of rotatable bonds is 4. The van der Waals surface area contributed by atoms with Gasteiger partial charge in [-0.2, -0.15) is 0 Å². The number of hydrogen-bond acceptors (Lipinski definition) is 3. The monoisotopic (exact) mass is 248 g/mol. The molecular formula is C10H14ClFN2O2. The van der Waals surface area contributed by atoms with Gasteiger partial charge in [0, 0.05) is 23.7 Å². The van der Waals surface area contributed by atoms with Crippen LogP contribution in [0, 0.1) is 15.9 Å². The first-order valence-corrected chi connectivity index (χ1v) is 4.75. The van der Waals surface area contributed by atoms with Crippen molar-refractivity contribution in [2.75, 3.05) is 0 Å².